The largest absolute Gasteiger partial charge is 0.299 e. The van der Waals surface area contributed by atoms with Crippen LogP contribution in [0.2, 0.25) is 0 Å². The summed E-state index contributed by atoms with van der Waals surface area (Å²) >= 11 is 0. The molecule has 1 nitrogen and oxygen atoms in total. The summed E-state index contributed by atoms with van der Waals surface area (Å²) in [5.41, 5.74) is 4.58. The Labute approximate surface area is 137 Å². The number of hydrogen-bond acceptors (Lipinski definition) is 1. The average Bonchev–Trinajstić information content (AvgIpc) is 2.87. The molecule has 0 spiro atoms. The van der Waals surface area contributed by atoms with E-state index in [4.69, 9.17) is 0 Å². The van der Waals surface area contributed by atoms with E-state index in [9.17, 15) is 0 Å². The van der Waals surface area contributed by atoms with Gasteiger partial charge in [-0.15, -0.1) is 17.0 Å². The van der Waals surface area contributed by atoms with Crippen molar-refractivity contribution >= 4 is 17.0 Å². The molecular weight excluding hydrogens is 322 g/mol. The second-order valence-corrected chi connectivity index (χ2v) is 6.16. The highest BCUT2D eigenvalue weighted by Gasteiger charge is 2.32. The van der Waals surface area contributed by atoms with Crippen LogP contribution in [0.15, 0.2) is 54.6 Å². The predicted octanol–water partition coefficient (Wildman–Crippen LogP) is 4.42. The zero-order valence-corrected chi connectivity index (χ0v) is 14.0. The lowest BCUT2D eigenvalue weighted by Gasteiger charge is -2.25. The van der Waals surface area contributed by atoms with Crippen molar-refractivity contribution in [3.8, 4) is 0 Å². The molecule has 0 radical (unpaired) electrons. The van der Waals surface area contributed by atoms with Gasteiger partial charge in [0.1, 0.15) is 0 Å². The lowest BCUT2D eigenvalue weighted by atomic mass is 9.87. The molecule has 0 amide bonds. The second kappa shape index (κ2) is 6.33. The zero-order valence-electron chi connectivity index (χ0n) is 12.2. The lowest BCUT2D eigenvalue weighted by Crippen LogP contribution is -2.32. The predicted molar refractivity (Wildman–Crippen MR) is 93.3 cm³/mol. The minimum Gasteiger partial charge on any atom is -0.299 e. The standard InChI is InChI=1S/C19H21N.BrH/c1-2-7-15(8-3-1)19-14-20-12-6-10-17(20)13-16-9-4-5-11-18(16)19;/h1-5,7-9,11,17,19H,6,10,12-14H2;1H/t17-,19+;/m0./s1. The van der Waals surface area contributed by atoms with Crippen LogP contribution in [-0.4, -0.2) is 24.0 Å². The van der Waals surface area contributed by atoms with Gasteiger partial charge in [-0.05, 0) is 42.5 Å². The molecule has 0 N–H and O–H groups in total. The highest BCUT2D eigenvalue weighted by Crippen LogP contribution is 2.35. The topological polar surface area (TPSA) is 3.24 Å². The van der Waals surface area contributed by atoms with Gasteiger partial charge < -0.3 is 0 Å². The highest BCUT2D eigenvalue weighted by atomic mass is 79.9. The van der Waals surface area contributed by atoms with Gasteiger partial charge in [-0.25, -0.2) is 0 Å². The van der Waals surface area contributed by atoms with Crippen molar-refractivity contribution < 1.29 is 0 Å². The highest BCUT2D eigenvalue weighted by molar-refractivity contribution is 8.93. The van der Waals surface area contributed by atoms with E-state index in [2.05, 4.69) is 59.5 Å². The van der Waals surface area contributed by atoms with Gasteiger partial charge in [-0.3, -0.25) is 4.90 Å². The third kappa shape index (κ3) is 2.79. The summed E-state index contributed by atoms with van der Waals surface area (Å²) in [6, 6.07) is 20.9. The molecule has 2 aliphatic rings. The smallest absolute Gasteiger partial charge is 0.0220 e. The Bertz CT molecular complexity index is 596. The normalized spacial score (nSPS) is 24.6. The molecule has 0 aliphatic carbocycles. The van der Waals surface area contributed by atoms with E-state index in [1.807, 2.05) is 0 Å². The molecule has 2 heterocycles. The fourth-order valence-corrected chi connectivity index (χ4v) is 3.98. The number of hydrogen-bond donors (Lipinski definition) is 0. The fraction of sp³-hybridized carbons (Fsp3) is 0.368. The first-order valence-electron chi connectivity index (χ1n) is 7.78. The van der Waals surface area contributed by atoms with Gasteiger partial charge in [0.05, 0.1) is 0 Å². The van der Waals surface area contributed by atoms with E-state index in [0.29, 0.717) is 5.92 Å². The Kier molecular flexibility index (Phi) is 4.46. The molecule has 4 rings (SSSR count). The van der Waals surface area contributed by atoms with Gasteiger partial charge in [0, 0.05) is 18.5 Å². The minimum absolute atomic E-state index is 0. The van der Waals surface area contributed by atoms with E-state index in [-0.39, 0.29) is 17.0 Å². The molecule has 2 heteroatoms. The number of benzene rings is 2. The van der Waals surface area contributed by atoms with Gasteiger partial charge in [0.2, 0.25) is 0 Å². The van der Waals surface area contributed by atoms with Crippen molar-refractivity contribution in [1.29, 1.82) is 0 Å². The monoisotopic (exact) mass is 343 g/mol. The van der Waals surface area contributed by atoms with Crippen LogP contribution in [0.25, 0.3) is 0 Å². The molecule has 0 bridgehead atoms. The van der Waals surface area contributed by atoms with Gasteiger partial charge in [-0.2, -0.15) is 0 Å². The molecule has 1 fully saturated rings. The summed E-state index contributed by atoms with van der Waals surface area (Å²) in [6.07, 6.45) is 3.98. The molecule has 2 aromatic carbocycles. The summed E-state index contributed by atoms with van der Waals surface area (Å²) in [5.74, 6) is 0.537. The Hall–Kier alpha value is -1.12. The Balaban J connectivity index is 0.00000132. The molecule has 1 saturated heterocycles. The molecule has 110 valence electrons. The van der Waals surface area contributed by atoms with Crippen molar-refractivity contribution in [2.45, 2.75) is 31.2 Å². The molecule has 21 heavy (non-hydrogen) atoms. The summed E-state index contributed by atoms with van der Waals surface area (Å²) in [7, 11) is 0. The quantitative estimate of drug-likeness (QED) is 0.740. The first-order chi connectivity index (χ1) is 9.92. The van der Waals surface area contributed by atoms with Crippen LogP contribution in [0.4, 0.5) is 0 Å². The SMILES string of the molecule is Br.c1ccc([C@H]2CN3CCC[C@H]3Cc3ccccc32)cc1. The maximum absolute atomic E-state index is 2.72. The van der Waals surface area contributed by atoms with Crippen LogP contribution in [0, 0.1) is 0 Å². The van der Waals surface area contributed by atoms with Gasteiger partial charge >= 0.3 is 0 Å². The lowest BCUT2D eigenvalue weighted by molar-refractivity contribution is 0.254. The number of halogens is 1. The van der Waals surface area contributed by atoms with Crippen molar-refractivity contribution in [1.82, 2.24) is 4.90 Å². The van der Waals surface area contributed by atoms with Gasteiger partial charge in [0.15, 0.2) is 0 Å². The van der Waals surface area contributed by atoms with Crippen molar-refractivity contribution in [2.75, 3.05) is 13.1 Å². The molecule has 0 saturated carbocycles. The maximum Gasteiger partial charge on any atom is 0.0220 e. The van der Waals surface area contributed by atoms with Crippen LogP contribution in [0.1, 0.15) is 35.4 Å². The molecular formula is C19H22BrN. The maximum atomic E-state index is 2.72. The number of rotatable bonds is 1. The van der Waals surface area contributed by atoms with Crippen LogP contribution >= 0.6 is 17.0 Å². The molecule has 2 atom stereocenters. The first-order valence-corrected chi connectivity index (χ1v) is 7.78. The van der Waals surface area contributed by atoms with Crippen LogP contribution in [-0.2, 0) is 6.42 Å². The second-order valence-electron chi connectivity index (χ2n) is 6.16. The van der Waals surface area contributed by atoms with Gasteiger partial charge in [0.25, 0.3) is 0 Å². The Morgan fingerprint density at radius 2 is 1.67 bits per heavy atom. The molecule has 2 aliphatic heterocycles. The van der Waals surface area contributed by atoms with Crippen molar-refractivity contribution in [2.24, 2.45) is 0 Å². The van der Waals surface area contributed by atoms with Crippen LogP contribution in [0.3, 0.4) is 0 Å². The molecule has 2 aromatic rings. The summed E-state index contributed by atoms with van der Waals surface area (Å²) in [6.45, 7) is 2.47. The fourth-order valence-electron chi connectivity index (χ4n) is 3.98. The van der Waals surface area contributed by atoms with E-state index in [1.165, 1.54) is 37.9 Å². The van der Waals surface area contributed by atoms with Crippen molar-refractivity contribution in [3.05, 3.63) is 71.3 Å². The van der Waals surface area contributed by atoms with Crippen LogP contribution < -0.4 is 0 Å². The molecule has 0 aromatic heterocycles. The number of nitrogens with zero attached hydrogens (tertiary/aromatic N) is 1. The average molecular weight is 344 g/mol. The van der Waals surface area contributed by atoms with Crippen LogP contribution in [0.5, 0.6) is 0 Å². The first kappa shape index (κ1) is 14.8. The zero-order chi connectivity index (χ0) is 13.4. The van der Waals surface area contributed by atoms with Crippen molar-refractivity contribution in [3.63, 3.8) is 0 Å². The Morgan fingerprint density at radius 1 is 0.905 bits per heavy atom. The Morgan fingerprint density at radius 3 is 2.52 bits per heavy atom. The van der Waals surface area contributed by atoms with E-state index < -0.39 is 0 Å². The summed E-state index contributed by atoms with van der Waals surface area (Å²) < 4.78 is 0. The van der Waals surface area contributed by atoms with E-state index in [0.717, 1.165) is 6.04 Å². The summed E-state index contributed by atoms with van der Waals surface area (Å²) in [5, 5.41) is 0. The summed E-state index contributed by atoms with van der Waals surface area (Å²) in [4.78, 5) is 2.72. The minimum atomic E-state index is 0. The van der Waals surface area contributed by atoms with Gasteiger partial charge in [-0.1, -0.05) is 54.6 Å². The van der Waals surface area contributed by atoms with E-state index >= 15 is 0 Å². The molecule has 0 unspecified atom stereocenters. The number of fused-ring (bicyclic) bond motifs is 2. The van der Waals surface area contributed by atoms with E-state index in [1.54, 1.807) is 11.1 Å². The third-order valence-corrected chi connectivity index (χ3v) is 5.00. The third-order valence-electron chi connectivity index (χ3n) is 5.00.